The molecule has 94 valence electrons. The Morgan fingerprint density at radius 1 is 1.59 bits per heavy atom. The van der Waals surface area contributed by atoms with Gasteiger partial charge in [0.05, 0.1) is 6.61 Å². The highest BCUT2D eigenvalue weighted by Gasteiger charge is 2.21. The van der Waals surface area contributed by atoms with Crippen molar-refractivity contribution in [3.05, 3.63) is 22.2 Å². The maximum atomic E-state index is 5.74. The average Bonchev–Trinajstić information content (AvgIpc) is 2.28. The Hall–Kier alpha value is -0.780. The van der Waals surface area contributed by atoms with Gasteiger partial charge in [-0.2, -0.15) is 0 Å². The number of hydrogen-bond donors (Lipinski definition) is 1. The molecule has 0 saturated carbocycles. The first-order chi connectivity index (χ1) is 8.06. The molecule has 1 aromatic rings. The summed E-state index contributed by atoms with van der Waals surface area (Å²) in [7, 11) is 2.09. The first-order valence-electron chi connectivity index (χ1n) is 5.97. The second kappa shape index (κ2) is 5.25. The fourth-order valence-electron chi connectivity index (χ4n) is 1.90. The van der Waals surface area contributed by atoms with E-state index < -0.39 is 0 Å². The van der Waals surface area contributed by atoms with Crippen molar-refractivity contribution < 1.29 is 4.74 Å². The standard InChI is InChI=1S/C12H19N3OS/c1-8(2)9-6-11(17)14-12(13-9)10-7-15(3)4-5-16-10/h6,8,10H,4-5,7H2,1-3H3,(H,13,14,17). The molecule has 0 amide bonds. The van der Waals surface area contributed by atoms with Crippen molar-refractivity contribution in [2.45, 2.75) is 25.9 Å². The van der Waals surface area contributed by atoms with Gasteiger partial charge in [-0.3, -0.25) is 0 Å². The van der Waals surface area contributed by atoms with E-state index in [0.29, 0.717) is 10.6 Å². The molecule has 4 nitrogen and oxygen atoms in total. The van der Waals surface area contributed by atoms with Gasteiger partial charge in [0.15, 0.2) is 0 Å². The molecular weight excluding hydrogens is 234 g/mol. The van der Waals surface area contributed by atoms with Crippen LogP contribution in [-0.4, -0.2) is 41.6 Å². The highest BCUT2D eigenvalue weighted by Crippen LogP contribution is 2.20. The summed E-state index contributed by atoms with van der Waals surface area (Å²) in [5, 5.41) is 0. The molecule has 2 rings (SSSR count). The monoisotopic (exact) mass is 253 g/mol. The third-order valence-electron chi connectivity index (χ3n) is 2.98. The molecule has 0 radical (unpaired) electrons. The Balaban J connectivity index is 2.28. The Kier molecular flexibility index (Phi) is 3.91. The predicted octanol–water partition coefficient (Wildman–Crippen LogP) is 2.27. The number of H-pyrrole nitrogens is 1. The molecule has 17 heavy (non-hydrogen) atoms. The van der Waals surface area contributed by atoms with E-state index in [1.165, 1.54) is 0 Å². The predicted molar refractivity (Wildman–Crippen MR) is 69.7 cm³/mol. The van der Waals surface area contributed by atoms with Crippen LogP contribution in [0.2, 0.25) is 0 Å². The summed E-state index contributed by atoms with van der Waals surface area (Å²) < 4.78 is 6.38. The van der Waals surface area contributed by atoms with Crippen molar-refractivity contribution in [2.24, 2.45) is 0 Å². The van der Waals surface area contributed by atoms with E-state index in [2.05, 4.69) is 35.8 Å². The quantitative estimate of drug-likeness (QED) is 0.821. The Morgan fingerprint density at radius 3 is 3.00 bits per heavy atom. The van der Waals surface area contributed by atoms with Gasteiger partial charge in [0.2, 0.25) is 0 Å². The lowest BCUT2D eigenvalue weighted by atomic mass is 10.1. The van der Waals surface area contributed by atoms with Gasteiger partial charge in [-0.15, -0.1) is 0 Å². The zero-order valence-corrected chi connectivity index (χ0v) is 11.4. The smallest absolute Gasteiger partial charge is 0.138 e. The topological polar surface area (TPSA) is 41.2 Å². The van der Waals surface area contributed by atoms with Gasteiger partial charge in [-0.05, 0) is 19.0 Å². The van der Waals surface area contributed by atoms with Gasteiger partial charge in [0.25, 0.3) is 0 Å². The molecule has 0 bridgehead atoms. The van der Waals surface area contributed by atoms with Gasteiger partial charge >= 0.3 is 0 Å². The summed E-state index contributed by atoms with van der Waals surface area (Å²) in [6.45, 7) is 6.85. The van der Waals surface area contributed by atoms with Crippen LogP contribution in [0.1, 0.15) is 37.4 Å². The Bertz CT molecular complexity index is 444. The second-order valence-corrected chi connectivity index (χ2v) is 5.25. The maximum absolute atomic E-state index is 5.74. The first-order valence-corrected chi connectivity index (χ1v) is 6.38. The third kappa shape index (κ3) is 3.12. The zero-order valence-electron chi connectivity index (χ0n) is 10.6. The van der Waals surface area contributed by atoms with Gasteiger partial charge < -0.3 is 14.6 Å². The van der Waals surface area contributed by atoms with Crippen LogP contribution in [0.3, 0.4) is 0 Å². The molecule has 1 aromatic heterocycles. The second-order valence-electron chi connectivity index (χ2n) is 4.84. The lowest BCUT2D eigenvalue weighted by Gasteiger charge is -2.29. The number of morpholine rings is 1. The number of nitrogens with zero attached hydrogens (tertiary/aromatic N) is 2. The lowest BCUT2D eigenvalue weighted by Crippen LogP contribution is -2.36. The van der Waals surface area contributed by atoms with Crippen LogP contribution >= 0.6 is 12.2 Å². The molecule has 1 N–H and O–H groups in total. The third-order valence-corrected chi connectivity index (χ3v) is 3.19. The number of rotatable bonds is 2. The van der Waals surface area contributed by atoms with E-state index in [1.54, 1.807) is 0 Å². The highest BCUT2D eigenvalue weighted by atomic mass is 32.1. The summed E-state index contributed by atoms with van der Waals surface area (Å²) in [6, 6.07) is 1.93. The summed E-state index contributed by atoms with van der Waals surface area (Å²) in [4.78, 5) is 9.97. The van der Waals surface area contributed by atoms with Crippen LogP contribution in [0.4, 0.5) is 0 Å². The fourth-order valence-corrected chi connectivity index (χ4v) is 2.13. The molecular formula is C12H19N3OS. The van der Waals surface area contributed by atoms with Crippen molar-refractivity contribution in [3.63, 3.8) is 0 Å². The Morgan fingerprint density at radius 2 is 2.35 bits per heavy atom. The molecule has 1 unspecified atom stereocenters. The summed E-state index contributed by atoms with van der Waals surface area (Å²) in [5.74, 6) is 1.27. The number of ether oxygens (including phenoxy) is 1. The molecule has 1 saturated heterocycles. The molecule has 1 fully saturated rings. The van der Waals surface area contributed by atoms with Gasteiger partial charge in [-0.25, -0.2) is 4.98 Å². The van der Waals surface area contributed by atoms with Crippen LogP contribution < -0.4 is 0 Å². The van der Waals surface area contributed by atoms with Crippen molar-refractivity contribution >= 4 is 12.2 Å². The largest absolute Gasteiger partial charge is 0.368 e. The van der Waals surface area contributed by atoms with Gasteiger partial charge in [0.1, 0.15) is 16.6 Å². The van der Waals surface area contributed by atoms with E-state index in [-0.39, 0.29) is 6.10 Å². The van der Waals surface area contributed by atoms with Gasteiger partial charge in [0, 0.05) is 18.8 Å². The van der Waals surface area contributed by atoms with E-state index in [9.17, 15) is 0 Å². The molecule has 1 aliphatic rings. The highest BCUT2D eigenvalue weighted by molar-refractivity contribution is 7.71. The van der Waals surface area contributed by atoms with Crippen LogP contribution in [0, 0.1) is 4.64 Å². The number of likely N-dealkylation sites (N-methyl/N-ethyl adjacent to an activating group) is 1. The minimum absolute atomic E-state index is 0.00847. The Labute approximate surface area is 107 Å². The van der Waals surface area contributed by atoms with E-state index in [1.807, 2.05) is 6.07 Å². The fraction of sp³-hybridized carbons (Fsp3) is 0.667. The van der Waals surface area contributed by atoms with Crippen molar-refractivity contribution in [2.75, 3.05) is 26.7 Å². The summed E-state index contributed by atoms with van der Waals surface area (Å²) >= 11 is 5.20. The molecule has 2 heterocycles. The number of aromatic amines is 1. The molecule has 1 atom stereocenters. The number of hydrogen-bond acceptors (Lipinski definition) is 4. The van der Waals surface area contributed by atoms with Crippen LogP contribution in [0.15, 0.2) is 6.07 Å². The molecule has 0 spiro atoms. The normalized spacial score (nSPS) is 22.0. The van der Waals surface area contributed by atoms with Crippen LogP contribution in [-0.2, 0) is 4.74 Å². The lowest BCUT2D eigenvalue weighted by molar-refractivity contribution is -0.0256. The minimum Gasteiger partial charge on any atom is -0.368 e. The zero-order chi connectivity index (χ0) is 12.4. The van der Waals surface area contributed by atoms with Crippen molar-refractivity contribution in [1.29, 1.82) is 0 Å². The van der Waals surface area contributed by atoms with E-state index in [0.717, 1.165) is 31.2 Å². The summed E-state index contributed by atoms with van der Waals surface area (Å²) in [5.41, 5.74) is 1.12. The van der Waals surface area contributed by atoms with Gasteiger partial charge in [-0.1, -0.05) is 26.1 Å². The van der Waals surface area contributed by atoms with Crippen molar-refractivity contribution in [1.82, 2.24) is 14.9 Å². The average molecular weight is 253 g/mol. The van der Waals surface area contributed by atoms with E-state index in [4.69, 9.17) is 17.0 Å². The van der Waals surface area contributed by atoms with Crippen LogP contribution in [0.5, 0.6) is 0 Å². The first kappa shape index (κ1) is 12.7. The van der Waals surface area contributed by atoms with E-state index >= 15 is 0 Å². The molecule has 0 aliphatic carbocycles. The van der Waals surface area contributed by atoms with Crippen molar-refractivity contribution in [3.8, 4) is 0 Å². The minimum atomic E-state index is 0.00847. The number of nitrogens with one attached hydrogen (secondary N) is 1. The summed E-state index contributed by atoms with van der Waals surface area (Å²) in [6.07, 6.45) is 0.00847. The molecule has 5 heteroatoms. The maximum Gasteiger partial charge on any atom is 0.138 e. The molecule has 0 aromatic carbocycles. The number of aromatic nitrogens is 2. The van der Waals surface area contributed by atoms with Crippen LogP contribution in [0.25, 0.3) is 0 Å². The molecule has 1 aliphatic heterocycles. The SMILES string of the molecule is CC(C)c1cc(=S)nc(C2CN(C)CCO2)[nH]1.